The number of aryl methyl sites for hydroxylation is 1. The Kier molecular flexibility index (Phi) is 4.21. The largest absolute Gasteiger partial charge is 0.313 e. The fourth-order valence-electron chi connectivity index (χ4n) is 2.95. The predicted octanol–water partition coefficient (Wildman–Crippen LogP) is 2.31. The summed E-state index contributed by atoms with van der Waals surface area (Å²) in [6.45, 7) is 6.45. The minimum Gasteiger partial charge on any atom is -0.313 e. The number of aromatic nitrogens is 2. The third-order valence-electron chi connectivity index (χ3n) is 4.09. The quantitative estimate of drug-likeness (QED) is 0.848. The third kappa shape index (κ3) is 2.66. The molecule has 4 nitrogen and oxygen atoms in total. The third-order valence-corrected chi connectivity index (χ3v) is 4.09. The summed E-state index contributed by atoms with van der Waals surface area (Å²) in [6, 6.07) is 6.59. The predicted molar refractivity (Wildman–Crippen MR) is 83.8 cm³/mol. The number of hydrogen-bond acceptors (Lipinski definition) is 3. The van der Waals surface area contributed by atoms with Crippen LogP contribution in [0.5, 0.6) is 0 Å². The molecule has 108 valence electrons. The molecule has 0 amide bonds. The molecular formula is C16H24N4. The van der Waals surface area contributed by atoms with Crippen molar-refractivity contribution in [1.82, 2.24) is 15.0 Å². The number of fused-ring (bicyclic) bond motifs is 1. The molecule has 2 aromatic rings. The maximum atomic E-state index is 4.67. The van der Waals surface area contributed by atoms with Gasteiger partial charge in [-0.15, -0.1) is 0 Å². The average molecular weight is 272 g/mol. The maximum Gasteiger partial charge on any atom is 0.116 e. The number of para-hydroxylation sites is 1. The van der Waals surface area contributed by atoms with Gasteiger partial charge in [0.05, 0.1) is 11.0 Å². The fraction of sp³-hybridized carbons (Fsp3) is 0.562. The monoisotopic (exact) mass is 272 g/mol. The molecule has 1 aromatic heterocycles. The minimum absolute atomic E-state index is 1.05. The molecule has 0 radical (unpaired) electrons. The van der Waals surface area contributed by atoms with E-state index in [0.717, 1.165) is 32.6 Å². The van der Waals surface area contributed by atoms with Gasteiger partial charge in [0.15, 0.2) is 0 Å². The van der Waals surface area contributed by atoms with E-state index in [-0.39, 0.29) is 0 Å². The van der Waals surface area contributed by atoms with E-state index in [0.29, 0.717) is 0 Å². The molecule has 20 heavy (non-hydrogen) atoms. The zero-order valence-electron chi connectivity index (χ0n) is 12.3. The van der Waals surface area contributed by atoms with Crippen LogP contribution in [0.3, 0.4) is 0 Å². The molecule has 1 fully saturated rings. The van der Waals surface area contributed by atoms with Crippen LogP contribution in [0.4, 0.5) is 0 Å². The molecule has 0 unspecified atom stereocenters. The van der Waals surface area contributed by atoms with E-state index in [1.54, 1.807) is 0 Å². The van der Waals surface area contributed by atoms with Crippen molar-refractivity contribution < 1.29 is 0 Å². The summed E-state index contributed by atoms with van der Waals surface area (Å²) in [5, 5.41) is 5.77. The van der Waals surface area contributed by atoms with Crippen molar-refractivity contribution in [3.8, 4) is 0 Å². The first-order valence-electron chi connectivity index (χ1n) is 7.81. The molecule has 0 spiro atoms. The highest BCUT2D eigenvalue weighted by molar-refractivity contribution is 5.79. The zero-order valence-corrected chi connectivity index (χ0v) is 12.3. The van der Waals surface area contributed by atoms with Gasteiger partial charge in [-0.1, -0.05) is 31.9 Å². The van der Waals surface area contributed by atoms with Crippen LogP contribution in [0.15, 0.2) is 24.5 Å². The fourth-order valence-corrected chi connectivity index (χ4v) is 2.95. The number of benzene rings is 1. The Balaban J connectivity index is 1.86. The molecule has 1 aromatic carbocycles. The van der Waals surface area contributed by atoms with Gasteiger partial charge < -0.3 is 10.3 Å². The molecule has 2 heterocycles. The van der Waals surface area contributed by atoms with Gasteiger partial charge in [0.1, 0.15) is 6.33 Å². The lowest BCUT2D eigenvalue weighted by molar-refractivity contribution is 0.498. The lowest BCUT2D eigenvalue weighted by atomic mass is 10.1. The Labute approximate surface area is 120 Å². The van der Waals surface area contributed by atoms with Gasteiger partial charge in [-0.3, -0.25) is 0 Å². The lowest BCUT2D eigenvalue weighted by Gasteiger charge is -2.30. The Hall–Kier alpha value is -1.55. The summed E-state index contributed by atoms with van der Waals surface area (Å²) >= 11 is 0. The molecule has 1 N–H and O–H groups in total. The number of nitrogens with one attached hydrogen (secondary N) is 1. The van der Waals surface area contributed by atoms with Crippen LogP contribution in [0.2, 0.25) is 0 Å². The summed E-state index contributed by atoms with van der Waals surface area (Å²) in [7, 11) is 0. The average Bonchev–Trinajstić information content (AvgIpc) is 2.93. The van der Waals surface area contributed by atoms with E-state index in [2.05, 4.69) is 45.1 Å². The van der Waals surface area contributed by atoms with Gasteiger partial charge in [-0.25, -0.2) is 9.66 Å². The van der Waals surface area contributed by atoms with Crippen LogP contribution >= 0.6 is 0 Å². The highest BCUT2D eigenvalue weighted by Crippen LogP contribution is 2.20. The van der Waals surface area contributed by atoms with Crippen molar-refractivity contribution in [2.24, 2.45) is 0 Å². The molecule has 1 saturated heterocycles. The van der Waals surface area contributed by atoms with Crippen molar-refractivity contribution >= 4 is 11.0 Å². The standard InChI is InChI=1S/C16H24N4/c1-2-3-4-6-14-7-5-8-15-16(14)18-13-20(15)19-11-9-17-10-12-19/h5,7-8,13,17H,2-4,6,9-12H2,1H3. The summed E-state index contributed by atoms with van der Waals surface area (Å²) in [5.74, 6) is 0. The van der Waals surface area contributed by atoms with E-state index in [1.165, 1.54) is 35.9 Å². The molecule has 1 aliphatic heterocycles. The Bertz CT molecular complexity index is 555. The molecule has 1 aliphatic rings. The van der Waals surface area contributed by atoms with Crippen molar-refractivity contribution in [3.63, 3.8) is 0 Å². The van der Waals surface area contributed by atoms with Crippen LogP contribution in [0.25, 0.3) is 11.0 Å². The maximum absolute atomic E-state index is 4.67. The van der Waals surface area contributed by atoms with Crippen LogP contribution in [0, 0.1) is 0 Å². The van der Waals surface area contributed by atoms with Crippen LogP contribution in [-0.2, 0) is 6.42 Å². The zero-order chi connectivity index (χ0) is 13.8. The summed E-state index contributed by atoms with van der Waals surface area (Å²) in [4.78, 5) is 4.67. The normalized spacial score (nSPS) is 15.9. The summed E-state index contributed by atoms with van der Waals surface area (Å²) in [5.41, 5.74) is 3.83. The van der Waals surface area contributed by atoms with E-state index >= 15 is 0 Å². The van der Waals surface area contributed by atoms with Crippen molar-refractivity contribution in [1.29, 1.82) is 0 Å². The number of hydrogen-bond donors (Lipinski definition) is 1. The highest BCUT2D eigenvalue weighted by atomic mass is 15.6. The second-order valence-electron chi connectivity index (χ2n) is 5.53. The van der Waals surface area contributed by atoms with E-state index in [9.17, 15) is 0 Å². The number of imidazole rings is 1. The first-order chi connectivity index (χ1) is 9.90. The van der Waals surface area contributed by atoms with Gasteiger partial charge in [0.25, 0.3) is 0 Å². The minimum atomic E-state index is 1.05. The molecule has 4 heteroatoms. The molecule has 0 bridgehead atoms. The van der Waals surface area contributed by atoms with Gasteiger partial charge in [-0.2, -0.15) is 0 Å². The Morgan fingerprint density at radius 2 is 2.05 bits per heavy atom. The van der Waals surface area contributed by atoms with E-state index in [4.69, 9.17) is 0 Å². The molecule has 0 saturated carbocycles. The number of unbranched alkanes of at least 4 members (excludes halogenated alkanes) is 2. The number of rotatable bonds is 5. The van der Waals surface area contributed by atoms with Crippen molar-refractivity contribution in [2.75, 3.05) is 31.2 Å². The Morgan fingerprint density at radius 1 is 1.20 bits per heavy atom. The topological polar surface area (TPSA) is 33.1 Å². The molecule has 0 aliphatic carbocycles. The van der Waals surface area contributed by atoms with Gasteiger partial charge in [-0.05, 0) is 24.5 Å². The highest BCUT2D eigenvalue weighted by Gasteiger charge is 2.14. The lowest BCUT2D eigenvalue weighted by Crippen LogP contribution is -2.48. The Morgan fingerprint density at radius 3 is 2.85 bits per heavy atom. The smallest absolute Gasteiger partial charge is 0.116 e. The summed E-state index contributed by atoms with van der Waals surface area (Å²) in [6.07, 6.45) is 6.96. The van der Waals surface area contributed by atoms with Crippen LogP contribution in [-0.4, -0.2) is 35.8 Å². The van der Waals surface area contributed by atoms with Crippen molar-refractivity contribution in [3.05, 3.63) is 30.1 Å². The molecule has 3 rings (SSSR count). The van der Waals surface area contributed by atoms with Crippen molar-refractivity contribution in [2.45, 2.75) is 32.6 Å². The van der Waals surface area contributed by atoms with Crippen LogP contribution < -0.4 is 10.3 Å². The SMILES string of the molecule is CCCCCc1cccc2c1ncn2N1CCNCC1. The molecule has 0 atom stereocenters. The second kappa shape index (κ2) is 6.27. The van der Waals surface area contributed by atoms with E-state index < -0.39 is 0 Å². The first-order valence-corrected chi connectivity index (χ1v) is 7.81. The number of nitrogens with zero attached hydrogens (tertiary/aromatic N) is 3. The first kappa shape index (κ1) is 13.4. The van der Waals surface area contributed by atoms with E-state index in [1.807, 2.05) is 6.33 Å². The van der Waals surface area contributed by atoms with Gasteiger partial charge in [0, 0.05) is 26.2 Å². The second-order valence-corrected chi connectivity index (χ2v) is 5.53. The molecular weight excluding hydrogens is 248 g/mol. The van der Waals surface area contributed by atoms with Gasteiger partial charge in [0.2, 0.25) is 0 Å². The summed E-state index contributed by atoms with van der Waals surface area (Å²) < 4.78 is 2.24. The van der Waals surface area contributed by atoms with Gasteiger partial charge >= 0.3 is 0 Å². The van der Waals surface area contributed by atoms with Crippen LogP contribution in [0.1, 0.15) is 31.7 Å². The number of piperazine rings is 1.